The highest BCUT2D eigenvalue weighted by atomic mass is 35.5. The van der Waals surface area contributed by atoms with Gasteiger partial charge in [-0.1, -0.05) is 11.6 Å². The molecule has 0 N–H and O–H groups in total. The fraction of sp³-hybridized carbons (Fsp3) is 0.250. The molecule has 0 aliphatic carbocycles. The van der Waals surface area contributed by atoms with Gasteiger partial charge in [0.25, 0.3) is 0 Å². The monoisotopic (exact) mass is 169 g/mol. The zero-order valence-electron chi connectivity index (χ0n) is 6.39. The lowest BCUT2D eigenvalue weighted by Crippen LogP contribution is -1.97. The van der Waals surface area contributed by atoms with Crippen LogP contribution in [0.1, 0.15) is 23.0 Å². The van der Waals surface area contributed by atoms with Crippen LogP contribution in [-0.2, 0) is 0 Å². The van der Waals surface area contributed by atoms with Crippen molar-refractivity contribution in [3.8, 4) is 0 Å². The number of ketones is 1. The summed E-state index contributed by atoms with van der Waals surface area (Å²) in [6.07, 6.45) is 1.63. The third-order valence-electron chi connectivity index (χ3n) is 1.31. The molecule has 1 aromatic rings. The number of carbonyl (C=O) groups excluding carboxylic acids is 1. The molecule has 0 atom stereocenters. The fourth-order valence-corrected chi connectivity index (χ4v) is 1.15. The molecule has 0 spiro atoms. The zero-order chi connectivity index (χ0) is 8.43. The van der Waals surface area contributed by atoms with Gasteiger partial charge in [-0.3, -0.25) is 9.78 Å². The van der Waals surface area contributed by atoms with E-state index in [4.69, 9.17) is 11.6 Å². The summed E-state index contributed by atoms with van der Waals surface area (Å²) in [4.78, 5) is 14.7. The lowest BCUT2D eigenvalue weighted by molar-refractivity contribution is 0.101. The molecule has 2 nitrogen and oxygen atoms in total. The van der Waals surface area contributed by atoms with E-state index in [9.17, 15) is 4.79 Å². The average molecular weight is 170 g/mol. The summed E-state index contributed by atoms with van der Waals surface area (Å²) in [6, 6.07) is 1.73. The number of Topliss-reactive ketones (excluding diaryl/α,β-unsaturated/α-hetero) is 1. The van der Waals surface area contributed by atoms with Crippen molar-refractivity contribution in [3.63, 3.8) is 0 Å². The van der Waals surface area contributed by atoms with Crippen LogP contribution < -0.4 is 0 Å². The van der Waals surface area contributed by atoms with Crippen LogP contribution in [0.15, 0.2) is 12.3 Å². The number of nitrogens with zero attached hydrogens (tertiary/aromatic N) is 1. The number of hydrogen-bond donors (Lipinski definition) is 0. The van der Waals surface area contributed by atoms with Crippen molar-refractivity contribution in [2.45, 2.75) is 13.8 Å². The van der Waals surface area contributed by atoms with Crippen LogP contribution in [0.25, 0.3) is 0 Å². The lowest BCUT2D eigenvalue weighted by atomic mass is 10.2. The van der Waals surface area contributed by atoms with Crippen LogP contribution in [0.2, 0.25) is 5.02 Å². The van der Waals surface area contributed by atoms with Gasteiger partial charge < -0.3 is 0 Å². The van der Waals surface area contributed by atoms with Crippen molar-refractivity contribution in [2.24, 2.45) is 0 Å². The standard InChI is InChI=1S/C8H8ClNO/c1-5-3-7(9)8(6(2)11)10-4-5/h3-4H,1-2H3. The van der Waals surface area contributed by atoms with Crippen molar-refractivity contribution >= 4 is 17.4 Å². The van der Waals surface area contributed by atoms with E-state index in [0.29, 0.717) is 10.7 Å². The predicted octanol–water partition coefficient (Wildman–Crippen LogP) is 2.25. The second kappa shape index (κ2) is 3.01. The molecule has 3 heteroatoms. The Morgan fingerprint density at radius 3 is 2.73 bits per heavy atom. The molecule has 0 saturated heterocycles. The molecule has 0 radical (unpaired) electrons. The van der Waals surface area contributed by atoms with E-state index in [2.05, 4.69) is 4.98 Å². The van der Waals surface area contributed by atoms with Gasteiger partial charge in [0, 0.05) is 13.1 Å². The Morgan fingerprint density at radius 1 is 1.64 bits per heavy atom. The summed E-state index contributed by atoms with van der Waals surface area (Å²) >= 11 is 5.74. The normalized spacial score (nSPS) is 9.73. The minimum atomic E-state index is -0.102. The van der Waals surface area contributed by atoms with Crippen molar-refractivity contribution in [3.05, 3.63) is 28.5 Å². The Morgan fingerprint density at radius 2 is 2.27 bits per heavy atom. The number of halogens is 1. The van der Waals surface area contributed by atoms with E-state index in [1.54, 1.807) is 12.3 Å². The molecule has 0 aliphatic rings. The maximum absolute atomic E-state index is 10.8. The fourth-order valence-electron chi connectivity index (χ4n) is 0.793. The molecule has 58 valence electrons. The largest absolute Gasteiger partial charge is 0.293 e. The van der Waals surface area contributed by atoms with Crippen LogP contribution in [0.3, 0.4) is 0 Å². The van der Waals surface area contributed by atoms with Crippen LogP contribution in [0, 0.1) is 6.92 Å². The van der Waals surface area contributed by atoms with Gasteiger partial charge in [-0.25, -0.2) is 0 Å². The molecule has 0 aliphatic heterocycles. The topological polar surface area (TPSA) is 30.0 Å². The number of aryl methyl sites for hydroxylation is 1. The summed E-state index contributed by atoms with van der Waals surface area (Å²) in [5.74, 6) is -0.102. The first-order chi connectivity index (χ1) is 5.11. The van der Waals surface area contributed by atoms with Gasteiger partial charge >= 0.3 is 0 Å². The van der Waals surface area contributed by atoms with Crippen molar-refractivity contribution < 1.29 is 4.79 Å². The third-order valence-corrected chi connectivity index (χ3v) is 1.60. The van der Waals surface area contributed by atoms with Gasteiger partial charge in [-0.05, 0) is 18.6 Å². The van der Waals surface area contributed by atoms with E-state index in [0.717, 1.165) is 5.56 Å². The highest BCUT2D eigenvalue weighted by Gasteiger charge is 2.05. The second-order valence-electron chi connectivity index (χ2n) is 2.40. The maximum Gasteiger partial charge on any atom is 0.179 e. The molecule has 0 bridgehead atoms. The highest BCUT2D eigenvalue weighted by molar-refractivity contribution is 6.33. The van der Waals surface area contributed by atoms with E-state index in [-0.39, 0.29) is 5.78 Å². The summed E-state index contributed by atoms with van der Waals surface area (Å²) in [5.41, 5.74) is 1.30. The highest BCUT2D eigenvalue weighted by Crippen LogP contribution is 2.14. The molecule has 1 aromatic heterocycles. The molecular weight excluding hydrogens is 162 g/mol. The smallest absolute Gasteiger partial charge is 0.179 e. The first-order valence-electron chi connectivity index (χ1n) is 3.24. The van der Waals surface area contributed by atoms with Crippen molar-refractivity contribution in [1.82, 2.24) is 4.98 Å². The maximum atomic E-state index is 10.8. The Hall–Kier alpha value is -0.890. The van der Waals surface area contributed by atoms with Crippen LogP contribution in [0.4, 0.5) is 0 Å². The third kappa shape index (κ3) is 1.77. The number of pyridine rings is 1. The molecular formula is C8H8ClNO. The molecule has 0 amide bonds. The predicted molar refractivity (Wildman–Crippen MR) is 44.0 cm³/mol. The average Bonchev–Trinajstić information content (AvgIpc) is 1.85. The Bertz CT molecular complexity index is 296. The summed E-state index contributed by atoms with van der Waals surface area (Å²) in [7, 11) is 0. The molecule has 0 aromatic carbocycles. The Labute approximate surface area is 70.2 Å². The van der Waals surface area contributed by atoms with Gasteiger partial charge in [0.05, 0.1) is 5.02 Å². The lowest BCUT2D eigenvalue weighted by Gasteiger charge is -1.98. The number of aromatic nitrogens is 1. The van der Waals surface area contributed by atoms with E-state index in [1.165, 1.54) is 6.92 Å². The minimum absolute atomic E-state index is 0.102. The molecule has 1 rings (SSSR count). The van der Waals surface area contributed by atoms with Crippen LogP contribution >= 0.6 is 11.6 Å². The second-order valence-corrected chi connectivity index (χ2v) is 2.81. The SMILES string of the molecule is CC(=O)c1ncc(C)cc1Cl. The Kier molecular flexibility index (Phi) is 2.25. The van der Waals surface area contributed by atoms with Gasteiger partial charge in [-0.2, -0.15) is 0 Å². The van der Waals surface area contributed by atoms with E-state index >= 15 is 0 Å². The van der Waals surface area contributed by atoms with Gasteiger partial charge in [0.15, 0.2) is 5.78 Å². The summed E-state index contributed by atoms with van der Waals surface area (Å²) in [6.45, 7) is 3.33. The molecule has 0 saturated carbocycles. The van der Waals surface area contributed by atoms with Crippen LogP contribution in [-0.4, -0.2) is 10.8 Å². The first kappa shape index (κ1) is 8.21. The zero-order valence-corrected chi connectivity index (χ0v) is 7.14. The summed E-state index contributed by atoms with van der Waals surface area (Å²) in [5, 5.41) is 0.428. The van der Waals surface area contributed by atoms with E-state index in [1.807, 2.05) is 6.92 Å². The quantitative estimate of drug-likeness (QED) is 0.604. The van der Waals surface area contributed by atoms with Gasteiger partial charge in [-0.15, -0.1) is 0 Å². The number of hydrogen-bond acceptors (Lipinski definition) is 2. The van der Waals surface area contributed by atoms with Crippen molar-refractivity contribution in [2.75, 3.05) is 0 Å². The molecule has 11 heavy (non-hydrogen) atoms. The first-order valence-corrected chi connectivity index (χ1v) is 3.62. The minimum Gasteiger partial charge on any atom is -0.293 e. The van der Waals surface area contributed by atoms with Gasteiger partial charge in [0.1, 0.15) is 5.69 Å². The number of rotatable bonds is 1. The summed E-state index contributed by atoms with van der Waals surface area (Å²) < 4.78 is 0. The Balaban J connectivity index is 3.20. The van der Waals surface area contributed by atoms with Crippen LogP contribution in [0.5, 0.6) is 0 Å². The molecule has 1 heterocycles. The molecule has 0 fully saturated rings. The van der Waals surface area contributed by atoms with Crippen molar-refractivity contribution in [1.29, 1.82) is 0 Å². The molecule has 0 unspecified atom stereocenters. The van der Waals surface area contributed by atoms with Gasteiger partial charge in [0.2, 0.25) is 0 Å². The number of carbonyl (C=O) groups is 1. The van der Waals surface area contributed by atoms with E-state index < -0.39 is 0 Å².